The van der Waals surface area contributed by atoms with Gasteiger partial charge < -0.3 is 4.90 Å². The number of carbonyl (C=O) groups is 2. The van der Waals surface area contributed by atoms with Crippen LogP contribution in [0.2, 0.25) is 0 Å². The first-order valence-corrected chi connectivity index (χ1v) is 9.91. The number of benzene rings is 2. The quantitative estimate of drug-likeness (QED) is 0.732. The van der Waals surface area contributed by atoms with Gasteiger partial charge in [0.05, 0.1) is 6.04 Å². The number of hydrogen-bond acceptors (Lipinski definition) is 4. The van der Waals surface area contributed by atoms with E-state index in [9.17, 15) is 14.0 Å². The first-order chi connectivity index (χ1) is 14.1. The zero-order valence-electron chi connectivity index (χ0n) is 16.2. The molecule has 6 heteroatoms. The Morgan fingerprint density at radius 1 is 0.931 bits per heavy atom. The zero-order chi connectivity index (χ0) is 20.2. The summed E-state index contributed by atoms with van der Waals surface area (Å²) in [6.07, 6.45) is 4.28. The Kier molecular flexibility index (Phi) is 5.83. The number of piperazine rings is 1. The summed E-state index contributed by atoms with van der Waals surface area (Å²) in [5, 5.41) is 0. The maximum absolute atomic E-state index is 13.1. The Labute approximate surface area is 170 Å². The molecule has 0 radical (unpaired) electrons. The van der Waals surface area contributed by atoms with Gasteiger partial charge in [0, 0.05) is 45.0 Å². The van der Waals surface area contributed by atoms with Crippen molar-refractivity contribution in [1.29, 1.82) is 0 Å². The first kappa shape index (κ1) is 19.5. The maximum atomic E-state index is 13.1. The third kappa shape index (κ3) is 4.44. The number of carbonyl (C=O) groups excluding carboxylic acids is 2. The van der Waals surface area contributed by atoms with Gasteiger partial charge in [0.15, 0.2) is 0 Å². The molecule has 5 nitrogen and oxygen atoms in total. The van der Waals surface area contributed by atoms with E-state index in [2.05, 4.69) is 34.1 Å². The van der Waals surface area contributed by atoms with Crippen molar-refractivity contribution in [3.63, 3.8) is 0 Å². The Balaban J connectivity index is 1.31. The lowest BCUT2D eigenvalue weighted by Gasteiger charge is -2.36. The van der Waals surface area contributed by atoms with Crippen LogP contribution >= 0.6 is 0 Å². The summed E-state index contributed by atoms with van der Waals surface area (Å²) in [4.78, 5) is 30.9. The molecule has 2 aromatic carbocycles. The van der Waals surface area contributed by atoms with Crippen LogP contribution in [0.1, 0.15) is 5.56 Å². The largest absolute Gasteiger partial charge is 0.304 e. The second kappa shape index (κ2) is 8.68. The van der Waals surface area contributed by atoms with Gasteiger partial charge in [-0.3, -0.25) is 19.4 Å². The molecule has 0 bridgehead atoms. The average Bonchev–Trinajstić information content (AvgIpc) is 3.05. The van der Waals surface area contributed by atoms with Crippen LogP contribution in [-0.2, 0) is 9.59 Å². The fraction of sp³-hybridized carbons (Fsp3) is 0.304. The Morgan fingerprint density at radius 3 is 2.31 bits per heavy atom. The molecule has 2 aromatic rings. The lowest BCUT2D eigenvalue weighted by Crippen LogP contribution is -2.52. The summed E-state index contributed by atoms with van der Waals surface area (Å²) >= 11 is 0. The number of rotatable bonds is 5. The molecule has 2 aliphatic heterocycles. The molecule has 0 N–H and O–H groups in total. The fourth-order valence-electron chi connectivity index (χ4n) is 3.90. The predicted molar refractivity (Wildman–Crippen MR) is 111 cm³/mol. The second-order valence-electron chi connectivity index (χ2n) is 7.42. The highest BCUT2D eigenvalue weighted by Gasteiger charge is 2.43. The predicted octanol–water partition coefficient (Wildman–Crippen LogP) is 2.44. The molecular weight excluding hydrogens is 369 g/mol. The van der Waals surface area contributed by atoms with Crippen molar-refractivity contribution in [2.45, 2.75) is 6.04 Å². The summed E-state index contributed by atoms with van der Waals surface area (Å²) in [5.74, 6) is -1.23. The van der Waals surface area contributed by atoms with Crippen LogP contribution in [0.15, 0.2) is 60.7 Å². The van der Waals surface area contributed by atoms with Crippen LogP contribution < -0.4 is 4.90 Å². The van der Waals surface area contributed by atoms with Crippen LogP contribution in [0.3, 0.4) is 0 Å². The van der Waals surface area contributed by atoms with Gasteiger partial charge >= 0.3 is 0 Å². The minimum atomic E-state index is -0.505. The van der Waals surface area contributed by atoms with E-state index in [1.165, 1.54) is 22.6 Å². The fourth-order valence-corrected chi connectivity index (χ4v) is 3.90. The van der Waals surface area contributed by atoms with Crippen molar-refractivity contribution in [3.05, 3.63) is 72.1 Å². The van der Waals surface area contributed by atoms with E-state index in [1.807, 2.05) is 18.2 Å². The first-order valence-electron chi connectivity index (χ1n) is 9.91. The summed E-state index contributed by atoms with van der Waals surface area (Å²) < 4.78 is 13.1. The average molecular weight is 393 g/mol. The van der Waals surface area contributed by atoms with Crippen LogP contribution in [0.25, 0.3) is 6.08 Å². The van der Waals surface area contributed by atoms with Crippen LogP contribution in [0.5, 0.6) is 0 Å². The molecule has 2 aliphatic rings. The molecule has 0 aromatic heterocycles. The van der Waals surface area contributed by atoms with Gasteiger partial charge in [-0.2, -0.15) is 0 Å². The van der Waals surface area contributed by atoms with Crippen LogP contribution in [-0.4, -0.2) is 66.8 Å². The molecule has 1 atom stereocenters. The van der Waals surface area contributed by atoms with Crippen LogP contribution in [0.4, 0.5) is 10.1 Å². The summed E-state index contributed by atoms with van der Waals surface area (Å²) in [7, 11) is 0. The molecule has 2 saturated heterocycles. The van der Waals surface area contributed by atoms with E-state index >= 15 is 0 Å². The molecule has 29 heavy (non-hydrogen) atoms. The van der Waals surface area contributed by atoms with Gasteiger partial charge in [-0.25, -0.2) is 4.39 Å². The van der Waals surface area contributed by atoms with Gasteiger partial charge in [0.25, 0.3) is 5.91 Å². The lowest BCUT2D eigenvalue weighted by atomic mass is 10.1. The monoisotopic (exact) mass is 393 g/mol. The van der Waals surface area contributed by atoms with Crippen molar-refractivity contribution in [3.8, 4) is 0 Å². The highest BCUT2D eigenvalue weighted by molar-refractivity contribution is 6.45. The molecule has 150 valence electrons. The van der Waals surface area contributed by atoms with Gasteiger partial charge in [-0.1, -0.05) is 42.5 Å². The Hall–Kier alpha value is -2.83. The van der Waals surface area contributed by atoms with E-state index < -0.39 is 11.9 Å². The van der Waals surface area contributed by atoms with E-state index in [0.29, 0.717) is 12.2 Å². The normalized spacial score (nSPS) is 21.4. The molecular formula is C23H24FN3O2. The Morgan fingerprint density at radius 2 is 1.62 bits per heavy atom. The molecule has 4 rings (SSSR count). The third-order valence-electron chi connectivity index (χ3n) is 5.57. The molecule has 0 aliphatic carbocycles. The van der Waals surface area contributed by atoms with Crippen molar-refractivity contribution in [2.24, 2.45) is 0 Å². The highest BCUT2D eigenvalue weighted by Crippen LogP contribution is 2.23. The van der Waals surface area contributed by atoms with Gasteiger partial charge in [0.1, 0.15) is 5.82 Å². The lowest BCUT2D eigenvalue weighted by molar-refractivity contribution is -0.136. The van der Waals surface area contributed by atoms with Gasteiger partial charge in [-0.15, -0.1) is 0 Å². The molecule has 0 saturated carbocycles. The van der Waals surface area contributed by atoms with Crippen molar-refractivity contribution >= 4 is 23.5 Å². The summed E-state index contributed by atoms with van der Waals surface area (Å²) in [6, 6.07) is 15.5. The smallest absolute Gasteiger partial charge is 0.296 e. The number of halogens is 1. The van der Waals surface area contributed by atoms with Crippen molar-refractivity contribution in [2.75, 3.05) is 44.2 Å². The molecule has 2 fully saturated rings. The maximum Gasteiger partial charge on any atom is 0.296 e. The van der Waals surface area contributed by atoms with E-state index in [-0.39, 0.29) is 11.6 Å². The van der Waals surface area contributed by atoms with Crippen LogP contribution in [0, 0.1) is 5.82 Å². The molecule has 1 amide bonds. The van der Waals surface area contributed by atoms with E-state index in [0.717, 1.165) is 32.7 Å². The Bertz CT molecular complexity index is 890. The minimum Gasteiger partial charge on any atom is -0.304 e. The molecule has 2 heterocycles. The topological polar surface area (TPSA) is 43.9 Å². The highest BCUT2D eigenvalue weighted by atomic mass is 19.1. The molecule has 0 spiro atoms. The van der Waals surface area contributed by atoms with E-state index in [1.54, 1.807) is 12.1 Å². The zero-order valence-corrected chi connectivity index (χ0v) is 16.2. The number of Topliss-reactive ketones (excluding diaryl/α,β-unsaturated/α-hetero) is 1. The number of ketones is 1. The van der Waals surface area contributed by atoms with Gasteiger partial charge in [0.2, 0.25) is 5.78 Å². The standard InChI is InChI=1S/C23H24FN3O2/c24-19-8-10-20(11-9-19)27-17-21(22(28)23(27)29)26-15-13-25(14-16-26)12-4-7-18-5-2-1-3-6-18/h1-11,21H,12-17H2/b7-4+. The summed E-state index contributed by atoms with van der Waals surface area (Å²) in [5.41, 5.74) is 1.75. The number of hydrogen-bond donors (Lipinski definition) is 0. The SMILES string of the molecule is O=C1C(=O)N(c2ccc(F)cc2)CC1N1CCN(C/C=C/c2ccccc2)CC1. The van der Waals surface area contributed by atoms with E-state index in [4.69, 9.17) is 0 Å². The third-order valence-corrected chi connectivity index (χ3v) is 5.57. The number of amides is 1. The number of nitrogens with zero attached hydrogens (tertiary/aromatic N) is 3. The number of anilines is 1. The van der Waals surface area contributed by atoms with Crippen molar-refractivity contribution in [1.82, 2.24) is 9.80 Å². The van der Waals surface area contributed by atoms with Crippen molar-refractivity contribution < 1.29 is 14.0 Å². The molecule has 1 unspecified atom stereocenters. The summed E-state index contributed by atoms with van der Waals surface area (Å²) in [6.45, 7) is 4.40. The second-order valence-corrected chi connectivity index (χ2v) is 7.42. The van der Waals surface area contributed by atoms with Gasteiger partial charge in [-0.05, 0) is 29.8 Å². The minimum absolute atomic E-state index is 0.331.